The van der Waals surface area contributed by atoms with Crippen LogP contribution in [-0.4, -0.2) is 33.3 Å². The van der Waals surface area contributed by atoms with Crippen molar-refractivity contribution in [3.8, 4) is 17.2 Å². The van der Waals surface area contributed by atoms with E-state index in [9.17, 15) is 4.79 Å². The highest BCUT2D eigenvalue weighted by Gasteiger charge is 2.48. The van der Waals surface area contributed by atoms with E-state index in [1.807, 2.05) is 6.07 Å². The summed E-state index contributed by atoms with van der Waals surface area (Å²) in [7, 11) is 4.76. The normalized spacial score (nSPS) is 26.7. The molecule has 0 aromatic heterocycles. The Morgan fingerprint density at radius 3 is 2.24 bits per heavy atom. The van der Waals surface area contributed by atoms with E-state index in [2.05, 4.69) is 5.32 Å². The molecule has 140 valence electrons. The third-order valence-corrected chi connectivity index (χ3v) is 5.52. The molecule has 7 heteroatoms. The van der Waals surface area contributed by atoms with Crippen LogP contribution in [0.5, 0.6) is 17.2 Å². The molecule has 3 rings (SSSR count). The predicted octanol–water partition coefficient (Wildman–Crippen LogP) is 2.12. The molecule has 0 saturated heterocycles. The summed E-state index contributed by atoms with van der Waals surface area (Å²) in [6, 6.07) is 3.60. The number of hydrogen-bond donors (Lipinski definition) is 2. The lowest BCUT2D eigenvalue weighted by Crippen LogP contribution is -2.45. The van der Waals surface area contributed by atoms with Crippen LogP contribution >= 0.6 is 12.4 Å². The first-order valence-electron chi connectivity index (χ1n) is 8.41. The fourth-order valence-corrected chi connectivity index (χ4v) is 4.26. The average molecular weight is 371 g/mol. The Labute approximate surface area is 154 Å². The fraction of sp³-hybridized carbons (Fsp3) is 0.611. The van der Waals surface area contributed by atoms with Gasteiger partial charge in [-0.05, 0) is 37.2 Å². The van der Waals surface area contributed by atoms with Crippen LogP contribution in [0, 0.1) is 17.8 Å². The molecule has 0 radical (unpaired) electrons. The van der Waals surface area contributed by atoms with Crippen LogP contribution in [0.4, 0.5) is 0 Å². The SMILES string of the molecule is COc1cc(OC)c(OC)cc1CNC(=O)C1C2CCC(C2)C1N.Cl. The summed E-state index contributed by atoms with van der Waals surface area (Å²) in [6.45, 7) is 0.378. The molecular weight excluding hydrogens is 344 g/mol. The minimum absolute atomic E-state index is 0. The lowest BCUT2D eigenvalue weighted by molar-refractivity contribution is -0.127. The highest BCUT2D eigenvalue weighted by Crippen LogP contribution is 2.47. The van der Waals surface area contributed by atoms with Crippen LogP contribution in [0.3, 0.4) is 0 Å². The molecule has 2 aliphatic rings. The fourth-order valence-electron chi connectivity index (χ4n) is 4.26. The standard InChI is InChI=1S/C18H26N2O4.ClH/c1-22-13-8-15(24-3)14(23-2)7-12(13)9-20-18(21)16-10-4-5-11(6-10)17(16)19;/h7-8,10-11,16-17H,4-6,9,19H2,1-3H3,(H,20,21);1H. The molecule has 2 saturated carbocycles. The molecule has 4 unspecified atom stereocenters. The van der Waals surface area contributed by atoms with Gasteiger partial charge in [0.05, 0.1) is 27.2 Å². The number of carbonyl (C=O) groups excluding carboxylic acids is 1. The number of amides is 1. The second-order valence-electron chi connectivity index (χ2n) is 6.67. The zero-order valence-electron chi connectivity index (χ0n) is 14.9. The topological polar surface area (TPSA) is 82.8 Å². The van der Waals surface area contributed by atoms with E-state index in [1.54, 1.807) is 27.4 Å². The van der Waals surface area contributed by atoms with E-state index in [-0.39, 0.29) is 30.3 Å². The number of fused-ring (bicyclic) bond motifs is 2. The second-order valence-corrected chi connectivity index (χ2v) is 6.67. The van der Waals surface area contributed by atoms with Gasteiger partial charge in [-0.2, -0.15) is 0 Å². The van der Waals surface area contributed by atoms with E-state index < -0.39 is 0 Å². The Morgan fingerprint density at radius 1 is 1.08 bits per heavy atom. The van der Waals surface area contributed by atoms with E-state index in [0.717, 1.165) is 18.4 Å². The van der Waals surface area contributed by atoms with Gasteiger partial charge in [-0.3, -0.25) is 4.79 Å². The van der Waals surface area contributed by atoms with Crippen LogP contribution in [-0.2, 0) is 11.3 Å². The third-order valence-electron chi connectivity index (χ3n) is 5.52. The minimum Gasteiger partial charge on any atom is -0.496 e. The van der Waals surface area contributed by atoms with Gasteiger partial charge in [0, 0.05) is 24.2 Å². The van der Waals surface area contributed by atoms with Gasteiger partial charge < -0.3 is 25.3 Å². The van der Waals surface area contributed by atoms with Crippen LogP contribution in [0.1, 0.15) is 24.8 Å². The third kappa shape index (κ3) is 3.65. The summed E-state index contributed by atoms with van der Waals surface area (Å²) in [6.07, 6.45) is 3.38. The van der Waals surface area contributed by atoms with Crippen molar-refractivity contribution >= 4 is 18.3 Å². The first kappa shape index (κ1) is 19.7. The Bertz CT molecular complexity index is 623. The molecule has 0 heterocycles. The maximum absolute atomic E-state index is 12.6. The van der Waals surface area contributed by atoms with Crippen molar-refractivity contribution in [2.45, 2.75) is 31.8 Å². The number of hydrogen-bond acceptors (Lipinski definition) is 5. The highest BCUT2D eigenvalue weighted by molar-refractivity contribution is 5.85. The number of benzene rings is 1. The van der Waals surface area contributed by atoms with Crippen molar-refractivity contribution in [3.63, 3.8) is 0 Å². The molecule has 1 aromatic carbocycles. The highest BCUT2D eigenvalue weighted by atomic mass is 35.5. The number of ether oxygens (including phenoxy) is 3. The summed E-state index contributed by atoms with van der Waals surface area (Å²) in [5.41, 5.74) is 7.10. The molecule has 1 aromatic rings. The maximum Gasteiger partial charge on any atom is 0.225 e. The van der Waals surface area contributed by atoms with Crippen molar-refractivity contribution < 1.29 is 19.0 Å². The number of nitrogens with one attached hydrogen (secondary N) is 1. The number of nitrogens with two attached hydrogens (primary N) is 1. The molecule has 4 atom stereocenters. The van der Waals surface area contributed by atoms with Gasteiger partial charge in [0.15, 0.2) is 11.5 Å². The summed E-state index contributed by atoms with van der Waals surface area (Å²) in [5, 5.41) is 3.02. The Morgan fingerprint density at radius 2 is 1.68 bits per heavy atom. The molecule has 0 aliphatic heterocycles. The Hall–Kier alpha value is -1.66. The van der Waals surface area contributed by atoms with Crippen molar-refractivity contribution in [2.24, 2.45) is 23.5 Å². The molecule has 2 bridgehead atoms. The molecule has 2 aliphatic carbocycles. The van der Waals surface area contributed by atoms with Crippen molar-refractivity contribution in [1.29, 1.82) is 0 Å². The van der Waals surface area contributed by atoms with Gasteiger partial charge in [0.25, 0.3) is 0 Å². The van der Waals surface area contributed by atoms with Gasteiger partial charge in [-0.15, -0.1) is 12.4 Å². The molecule has 3 N–H and O–H groups in total. The lowest BCUT2D eigenvalue weighted by atomic mass is 9.84. The lowest BCUT2D eigenvalue weighted by Gasteiger charge is -2.27. The largest absolute Gasteiger partial charge is 0.496 e. The van der Waals surface area contributed by atoms with Crippen molar-refractivity contribution in [2.75, 3.05) is 21.3 Å². The van der Waals surface area contributed by atoms with Crippen LogP contribution < -0.4 is 25.3 Å². The van der Waals surface area contributed by atoms with Gasteiger partial charge >= 0.3 is 0 Å². The number of carbonyl (C=O) groups is 1. The number of halogens is 1. The molecule has 1 amide bonds. The first-order chi connectivity index (χ1) is 11.6. The predicted molar refractivity (Wildman–Crippen MR) is 97.5 cm³/mol. The van der Waals surface area contributed by atoms with E-state index in [0.29, 0.717) is 35.6 Å². The monoisotopic (exact) mass is 370 g/mol. The molecule has 2 fully saturated rings. The zero-order chi connectivity index (χ0) is 17.3. The van der Waals surface area contributed by atoms with Gasteiger partial charge in [0.1, 0.15) is 5.75 Å². The minimum atomic E-state index is -0.0603. The van der Waals surface area contributed by atoms with Gasteiger partial charge in [0.2, 0.25) is 5.91 Å². The maximum atomic E-state index is 12.6. The number of rotatable bonds is 6. The van der Waals surface area contributed by atoms with Gasteiger partial charge in [-0.1, -0.05) is 0 Å². The summed E-state index contributed by atoms with van der Waals surface area (Å²) >= 11 is 0. The van der Waals surface area contributed by atoms with Crippen LogP contribution in [0.15, 0.2) is 12.1 Å². The summed E-state index contributed by atoms with van der Waals surface area (Å²) in [4.78, 5) is 12.6. The first-order valence-corrected chi connectivity index (χ1v) is 8.41. The molecule has 25 heavy (non-hydrogen) atoms. The van der Waals surface area contributed by atoms with Crippen LogP contribution in [0.25, 0.3) is 0 Å². The summed E-state index contributed by atoms with van der Waals surface area (Å²) in [5.74, 6) is 2.81. The average Bonchev–Trinajstić information content (AvgIpc) is 3.19. The summed E-state index contributed by atoms with van der Waals surface area (Å²) < 4.78 is 16.0. The van der Waals surface area contributed by atoms with E-state index in [4.69, 9.17) is 19.9 Å². The van der Waals surface area contributed by atoms with Gasteiger partial charge in [-0.25, -0.2) is 0 Å². The molecule has 0 spiro atoms. The Kier molecular flexibility index (Phi) is 6.41. The van der Waals surface area contributed by atoms with Crippen molar-refractivity contribution in [3.05, 3.63) is 17.7 Å². The zero-order valence-corrected chi connectivity index (χ0v) is 15.7. The molecule has 6 nitrogen and oxygen atoms in total. The Balaban J connectivity index is 0.00000225. The van der Waals surface area contributed by atoms with Crippen LogP contribution in [0.2, 0.25) is 0 Å². The smallest absolute Gasteiger partial charge is 0.225 e. The second kappa shape index (κ2) is 8.15. The number of methoxy groups -OCH3 is 3. The van der Waals surface area contributed by atoms with Crippen molar-refractivity contribution in [1.82, 2.24) is 5.32 Å². The molecular formula is C18H27ClN2O4. The van der Waals surface area contributed by atoms with E-state index >= 15 is 0 Å². The van der Waals surface area contributed by atoms with E-state index in [1.165, 1.54) is 6.42 Å². The quantitative estimate of drug-likeness (QED) is 0.801.